The molecule has 5 rings (SSSR count). The van der Waals surface area contributed by atoms with Crippen molar-refractivity contribution in [2.24, 2.45) is 5.89 Å². The molecule has 1 atom stereocenters. The van der Waals surface area contributed by atoms with E-state index in [0.717, 1.165) is 48.5 Å². The number of amides is 1. The first-order chi connectivity index (χ1) is 30.8. The molecule has 3 aromatic carbocycles. The van der Waals surface area contributed by atoms with Crippen LogP contribution in [0.5, 0.6) is 0 Å². The van der Waals surface area contributed by atoms with Crippen molar-refractivity contribution in [1.29, 1.82) is 0 Å². The Labute approximate surface area is 312 Å². The maximum Gasteiger partial charge on any atom is 0.416 e. The molecule has 254 valence electrons. The highest BCUT2D eigenvalue weighted by atomic mass is 32.2. The lowest BCUT2D eigenvalue weighted by Crippen LogP contribution is -2.40. The second-order valence-corrected chi connectivity index (χ2v) is 10.6. The van der Waals surface area contributed by atoms with Gasteiger partial charge in [-0.25, -0.2) is 4.39 Å². The molecule has 1 unspecified atom stereocenters. The quantitative estimate of drug-likeness (QED) is 0.0823. The van der Waals surface area contributed by atoms with Crippen molar-refractivity contribution in [2.45, 2.75) is 63.6 Å². The number of rotatable bonds is 13. The molecule has 11 heteroatoms. The number of alkyl halides is 3. The molecule has 48 heavy (non-hydrogen) atoms. The fourth-order valence-electron chi connectivity index (χ4n) is 4.24. The van der Waals surface area contributed by atoms with Crippen molar-refractivity contribution in [3.63, 3.8) is 0 Å². The van der Waals surface area contributed by atoms with Gasteiger partial charge in [0.1, 0.15) is 12.4 Å². The number of benzene rings is 3. The van der Waals surface area contributed by atoms with E-state index in [1.165, 1.54) is 0 Å². The Kier molecular flexibility index (Phi) is 5.53. The molecule has 0 saturated carbocycles. The van der Waals surface area contributed by atoms with E-state index in [9.17, 15) is 27.8 Å². The van der Waals surface area contributed by atoms with E-state index in [1.807, 2.05) is 0 Å². The van der Waals surface area contributed by atoms with E-state index in [-0.39, 0.29) is 32.4 Å². The van der Waals surface area contributed by atoms with Crippen LogP contribution < -0.4 is 5.56 Å². The average molecular weight is 702 g/mol. The molecule has 1 aliphatic rings. The van der Waals surface area contributed by atoms with E-state index < -0.39 is 149 Å². The van der Waals surface area contributed by atoms with Gasteiger partial charge < -0.3 is 14.4 Å². The van der Waals surface area contributed by atoms with Crippen LogP contribution in [-0.2, 0) is 42.5 Å². The van der Waals surface area contributed by atoms with Crippen molar-refractivity contribution in [2.75, 3.05) is 26.0 Å². The fraction of sp³-hybridized carbons (Fsp3) is 0.378. The summed E-state index contributed by atoms with van der Waals surface area (Å²) in [5.41, 5.74) is -10.2. The minimum atomic E-state index is -4.70. The number of carbonyl (C=O) groups is 1. The number of likely N-dealkylation sites (N-methyl/N-ethyl adjacent to an activating group) is 1. The highest BCUT2D eigenvalue weighted by Crippen LogP contribution is 2.32. The Morgan fingerprint density at radius 3 is 2.25 bits per heavy atom. The number of hydrogen-bond acceptors (Lipinski definition) is 5. The van der Waals surface area contributed by atoms with E-state index >= 15 is 4.79 Å². The van der Waals surface area contributed by atoms with Crippen LogP contribution in [0.2, 0.25) is 0 Å². The van der Waals surface area contributed by atoms with E-state index in [2.05, 4.69) is 4.98 Å². The molecule has 1 aromatic heterocycles. The number of thioether (sulfide) groups is 1. The molecular formula is C37H40F4N4O2S. The van der Waals surface area contributed by atoms with Crippen molar-refractivity contribution in [3.8, 4) is 11.1 Å². The summed E-state index contributed by atoms with van der Waals surface area (Å²) in [6.45, 7) is -18.3. The van der Waals surface area contributed by atoms with Crippen LogP contribution in [0.4, 0.5) is 17.6 Å². The van der Waals surface area contributed by atoms with Crippen molar-refractivity contribution >= 4 is 17.7 Å². The molecule has 0 N–H and O–H groups in total. The molecule has 0 fully saturated rings. The first-order valence-electron chi connectivity index (χ1n) is 24.4. The molecule has 0 aliphatic heterocycles. The molecule has 1 aliphatic carbocycles. The Bertz CT molecular complexity index is 2700. The summed E-state index contributed by atoms with van der Waals surface area (Å²) in [4.78, 5) is 31.8. The predicted molar refractivity (Wildman–Crippen MR) is 181 cm³/mol. The van der Waals surface area contributed by atoms with E-state index in [4.69, 9.17) is 23.3 Å². The molecule has 0 spiro atoms. The average Bonchev–Trinajstić information content (AvgIpc) is 3.28. The summed E-state index contributed by atoms with van der Waals surface area (Å²) in [6, 6.07) is 2.38. The smallest absolute Gasteiger partial charge is 0.336 e. The van der Waals surface area contributed by atoms with E-state index in [0.29, 0.717) is 20.8 Å². The number of carbonyl (C=O) groups excluding carboxylic acids is 1. The topological polar surface area (TPSA) is 58.4 Å². The minimum absolute atomic E-state index is 0.132. The SMILES string of the molecule is [2H]c1c([2H])c(C([2H])([2H])Sc2nc(=O)c3c(n2CC(=O)N(C([2H])([2H])c2ccc(-c4ccc(C(F)(F)F)cc4)cc2)C([2H])([2H])C([2H])([2H])N(C([2H])([2H])C)C([2H])([2H])C)C([2H])([2H])C([2H])(C)C3([2H])[2H])c([2H])c([2H])c1F. The molecule has 0 bridgehead atoms. The zero-order chi connectivity index (χ0) is 53.2. The molecule has 0 saturated heterocycles. The molecule has 1 heterocycles. The summed E-state index contributed by atoms with van der Waals surface area (Å²) in [6.07, 6.45) is -11.5. The predicted octanol–water partition coefficient (Wildman–Crippen LogP) is 7.47. The van der Waals surface area contributed by atoms with Crippen molar-refractivity contribution < 1.29 is 51.1 Å². The summed E-state index contributed by atoms with van der Waals surface area (Å²) in [5, 5.41) is -1.20. The summed E-state index contributed by atoms with van der Waals surface area (Å²) >= 11 is -0.354. The van der Waals surface area contributed by atoms with Gasteiger partial charge in [-0.15, -0.1) is 0 Å². The zero-order valence-electron chi connectivity index (χ0n) is 46.4. The molecule has 1 amide bonds. The van der Waals surface area contributed by atoms with Gasteiger partial charge >= 0.3 is 6.18 Å². The van der Waals surface area contributed by atoms with E-state index in [1.54, 1.807) is 0 Å². The standard InChI is InChI=1S/C37H40F4N4O2S/c1-4-43(5-2)18-19-44(22-26-6-10-28(11-7-26)29-12-14-30(15-13-29)37(39,40)41)34(46)23-45-33-21-25(3)20-32(33)35(47)42-36(45)48-24-27-8-16-31(38)17-9-27/h6-17,25H,4-5,18-24H2,1-3H3/i4D2,5D2,8D,9D,16D,17D,18D2,19D2,20D2,21D2,22D2,24D2,25D. The number of halogens is 4. The zero-order valence-corrected chi connectivity index (χ0v) is 26.2. The molecule has 6 nitrogen and oxygen atoms in total. The highest BCUT2D eigenvalue weighted by Gasteiger charge is 2.30. The van der Waals surface area contributed by atoms with Crippen LogP contribution in [-0.4, -0.2) is 51.2 Å². The van der Waals surface area contributed by atoms with Gasteiger partial charge in [-0.05, 0) is 78.1 Å². The minimum Gasteiger partial charge on any atom is -0.336 e. The van der Waals surface area contributed by atoms with Crippen LogP contribution in [0.1, 0.15) is 77.5 Å². The second kappa shape index (κ2) is 15.5. The van der Waals surface area contributed by atoms with Crippen molar-refractivity contribution in [1.82, 2.24) is 19.4 Å². The monoisotopic (exact) mass is 701 g/mol. The van der Waals surface area contributed by atoms with Gasteiger partial charge in [-0.3, -0.25) is 9.59 Å². The van der Waals surface area contributed by atoms with Crippen LogP contribution in [0.3, 0.4) is 0 Å². The van der Waals surface area contributed by atoms with Gasteiger partial charge in [-0.1, -0.05) is 81.0 Å². The van der Waals surface area contributed by atoms with Crippen LogP contribution >= 0.6 is 11.8 Å². The number of nitrogens with zero attached hydrogens (tertiary/aromatic N) is 4. The third-order valence-corrected chi connectivity index (χ3v) is 7.34. The third-order valence-electron chi connectivity index (χ3n) is 6.54. The number of fused-ring (bicyclic) bond motifs is 1. The highest BCUT2D eigenvalue weighted by molar-refractivity contribution is 7.98. The first kappa shape index (κ1) is 17.1. The van der Waals surface area contributed by atoms with Crippen molar-refractivity contribution in [3.05, 3.63) is 117 Å². The Balaban J connectivity index is 1.82. The van der Waals surface area contributed by atoms with Crippen LogP contribution in [0.25, 0.3) is 11.1 Å². The van der Waals surface area contributed by atoms with Crippen LogP contribution in [0.15, 0.2) is 82.7 Å². The molecular weight excluding hydrogens is 640 g/mol. The molecule has 0 radical (unpaired) electrons. The Morgan fingerprint density at radius 2 is 1.65 bits per heavy atom. The Morgan fingerprint density at radius 1 is 1.02 bits per heavy atom. The van der Waals surface area contributed by atoms with Gasteiger partial charge in [0.15, 0.2) is 5.16 Å². The lowest BCUT2D eigenvalue weighted by molar-refractivity contribution is -0.137. The summed E-state index contributed by atoms with van der Waals surface area (Å²) < 4.78 is 237. The maximum atomic E-state index is 15.1. The van der Waals surface area contributed by atoms with Gasteiger partial charge in [0.05, 0.1) is 16.5 Å². The van der Waals surface area contributed by atoms with Gasteiger partial charge in [0.2, 0.25) is 5.91 Å². The first-order valence-corrected chi connectivity index (χ1v) is 14.7. The number of aromatic nitrogens is 2. The fourth-order valence-corrected chi connectivity index (χ4v) is 4.93. The summed E-state index contributed by atoms with van der Waals surface area (Å²) in [7, 11) is 0. The third kappa shape index (κ3) is 8.73. The lowest BCUT2D eigenvalue weighted by Gasteiger charge is -2.28. The Hall–Kier alpha value is -3.96. The maximum absolute atomic E-state index is 15.1. The van der Waals surface area contributed by atoms with Gasteiger partial charge in [0, 0.05) is 54.3 Å². The van der Waals surface area contributed by atoms with Crippen LogP contribution in [0, 0.1) is 11.7 Å². The lowest BCUT2D eigenvalue weighted by atomic mass is 10.0. The van der Waals surface area contributed by atoms with Gasteiger partial charge in [0.25, 0.3) is 5.56 Å². The number of hydrogen-bond donors (Lipinski definition) is 0. The normalized spacial score (nSPS) is 26.2. The second-order valence-electron chi connectivity index (χ2n) is 9.78. The largest absolute Gasteiger partial charge is 0.416 e. The van der Waals surface area contributed by atoms with Gasteiger partial charge in [-0.2, -0.15) is 18.2 Å². The summed E-state index contributed by atoms with van der Waals surface area (Å²) in [5.74, 6) is -6.74. The molecule has 4 aromatic rings.